The first-order valence-electron chi connectivity index (χ1n) is 50.8. The predicted molar refractivity (Wildman–Crippen MR) is 574 cm³/mol. The fourth-order valence-electron chi connectivity index (χ4n) is 18.4. The summed E-state index contributed by atoms with van der Waals surface area (Å²) in [6, 6.07) is 97.6. The number of piperazine rings is 1. The van der Waals surface area contributed by atoms with E-state index in [1.165, 1.54) is 29.5 Å². The molecular formula is C121H122Cl2N14O10. The monoisotopic (exact) mass is 2000 g/mol. The standard InChI is InChI=1S/C26H27N3O2.C26H28N2O2.2C23H22ClN3O2.C23H23N3O2/c1-18-2-13-25(28-27-18)21-14-16-29(17-15-21)26(30)22-7-11-24(12-8-22)31-23-9-5-20(6-10-23)19-3-4-19;1-3-20-5-10-24(11-6-20)30-25-12-8-22(9-13-25)26(29)28-16-14-21(15-17-28)23-7-4-19(2)27-18-23;2*1-16-2-11-22(26-25-16)17-12-14-27(15-13-17)23(28)18-3-7-20(8-4-18)29-21-9-5-19(24)6-10-21;1-18-7-10-20(17-24-18)25-13-15-26(16-14-25)23(27)19-8-11-22(12-9-19)28-21-5-3-2-4-6-21/h2,5-13,19,21H,3-4,14-17H2,1H3;4-13,18,21H,3,14-17H2,1-2H3;2*2-11,17H,12-15H2,1H3;2-12,17H,13-16H2,1H3. The number of anilines is 1. The molecule has 6 aliphatic rings. The molecule has 0 spiro atoms. The number of nitrogens with zero attached hydrogens (tertiary/aromatic N) is 14. The quantitative estimate of drug-likeness (QED) is 0.0611. The van der Waals surface area contributed by atoms with Gasteiger partial charge in [0.1, 0.15) is 57.5 Å². The zero-order valence-corrected chi connectivity index (χ0v) is 85.4. The number of halogens is 2. The lowest BCUT2D eigenvalue weighted by molar-refractivity contribution is 0.0704. The van der Waals surface area contributed by atoms with Crippen LogP contribution in [0.4, 0.5) is 5.69 Å². The third-order valence-corrected chi connectivity index (χ3v) is 27.9. The number of hydrogen-bond donors (Lipinski definition) is 0. The van der Waals surface area contributed by atoms with Crippen LogP contribution in [0.3, 0.4) is 0 Å². The number of amides is 5. The van der Waals surface area contributed by atoms with Crippen molar-refractivity contribution in [3.63, 3.8) is 0 Å². The molecule has 6 fully saturated rings. The first-order valence-corrected chi connectivity index (χ1v) is 51.5. The molecule has 5 aliphatic heterocycles. The normalized spacial score (nSPS) is 15.0. The molecule has 5 aromatic heterocycles. The van der Waals surface area contributed by atoms with E-state index in [0.717, 1.165) is 215 Å². The maximum Gasteiger partial charge on any atom is 0.253 e. The van der Waals surface area contributed by atoms with Gasteiger partial charge in [-0.15, -0.1) is 0 Å². The van der Waals surface area contributed by atoms with Crippen molar-refractivity contribution in [3.05, 3.63) is 422 Å². The average molecular weight is 2000 g/mol. The van der Waals surface area contributed by atoms with Crippen LogP contribution >= 0.6 is 23.2 Å². The van der Waals surface area contributed by atoms with Crippen LogP contribution in [0.25, 0.3) is 0 Å². The minimum atomic E-state index is 0.0523. The highest BCUT2D eigenvalue weighted by Gasteiger charge is 2.32. The Bertz CT molecular complexity index is 6610. The molecule has 0 atom stereocenters. The van der Waals surface area contributed by atoms with Crippen LogP contribution in [0, 0.1) is 34.6 Å². The number of aromatic nitrogens is 8. The molecule has 10 heterocycles. The van der Waals surface area contributed by atoms with Crippen molar-refractivity contribution in [3.8, 4) is 57.5 Å². The van der Waals surface area contributed by atoms with Crippen molar-refractivity contribution in [1.29, 1.82) is 0 Å². The number of hydrogen-bond acceptors (Lipinski definition) is 19. The van der Waals surface area contributed by atoms with Crippen LogP contribution in [0.1, 0.15) is 215 Å². The fraction of sp³-hybridized carbons (Fsp3) is 0.281. The second-order valence-corrected chi connectivity index (χ2v) is 38.8. The van der Waals surface area contributed by atoms with Gasteiger partial charge in [-0.1, -0.05) is 78.7 Å². The highest BCUT2D eigenvalue weighted by Crippen LogP contribution is 2.42. The van der Waals surface area contributed by atoms with Gasteiger partial charge in [-0.2, -0.15) is 30.6 Å². The van der Waals surface area contributed by atoms with Crippen molar-refractivity contribution in [2.75, 3.05) is 83.4 Å². The van der Waals surface area contributed by atoms with E-state index >= 15 is 0 Å². The molecule has 5 saturated heterocycles. The zero-order valence-electron chi connectivity index (χ0n) is 83.8. The minimum absolute atomic E-state index is 0.0523. The Morgan fingerprint density at radius 2 is 0.510 bits per heavy atom. The van der Waals surface area contributed by atoms with E-state index < -0.39 is 0 Å². The molecule has 0 N–H and O–H groups in total. The SMILES string of the molecule is CCc1ccc(Oc2ccc(C(=O)N3CCC(c4ccc(C)nc4)CC3)cc2)cc1.Cc1ccc(C2CCN(C(=O)c3ccc(Oc4ccc(C5CC5)cc4)cc3)CC2)nn1.Cc1ccc(C2CCN(C(=O)c3ccc(Oc4ccc(Cl)cc4)cc3)CC2)nn1.Cc1ccc(C2CCN(C(=O)c3ccc(Oc4ccc(Cl)cc4)cc3)CC2)nn1.Cc1ccc(N2CCN(C(=O)c3ccc(Oc4ccccc4)cc3)CC2)cn1. The highest BCUT2D eigenvalue weighted by atomic mass is 35.5. The number of likely N-dealkylation sites (tertiary alicyclic amines) is 4. The summed E-state index contributed by atoms with van der Waals surface area (Å²) in [5, 5.41) is 26.7. The lowest BCUT2D eigenvalue weighted by Crippen LogP contribution is -2.48. The summed E-state index contributed by atoms with van der Waals surface area (Å²) in [6.45, 7) is 20.9. The van der Waals surface area contributed by atoms with Gasteiger partial charge in [-0.3, -0.25) is 33.9 Å². The van der Waals surface area contributed by atoms with E-state index in [4.69, 9.17) is 46.9 Å². The minimum Gasteiger partial charge on any atom is -0.457 e. The zero-order chi connectivity index (χ0) is 102. The maximum atomic E-state index is 12.9. The molecule has 147 heavy (non-hydrogen) atoms. The molecule has 21 rings (SSSR count). The number of ether oxygens (including phenoxy) is 5. The summed E-state index contributed by atoms with van der Waals surface area (Å²) >= 11 is 11.8. The van der Waals surface area contributed by atoms with Gasteiger partial charge in [0, 0.05) is 152 Å². The number of rotatable bonds is 22. The summed E-state index contributed by atoms with van der Waals surface area (Å²) < 4.78 is 29.2. The van der Waals surface area contributed by atoms with Crippen molar-refractivity contribution >= 4 is 58.4 Å². The number of aryl methyl sites for hydroxylation is 6. The van der Waals surface area contributed by atoms with Crippen molar-refractivity contribution in [2.24, 2.45) is 0 Å². The molecule has 0 unspecified atom stereocenters. The number of carbonyl (C=O) groups is 5. The Labute approximate surface area is 870 Å². The van der Waals surface area contributed by atoms with Gasteiger partial charge in [-0.05, 0) is 395 Å². The van der Waals surface area contributed by atoms with Gasteiger partial charge in [0.15, 0.2) is 0 Å². The molecule has 5 amide bonds. The summed E-state index contributed by atoms with van der Waals surface area (Å²) in [4.78, 5) is 85.0. The third-order valence-electron chi connectivity index (χ3n) is 27.4. The van der Waals surface area contributed by atoms with Gasteiger partial charge in [0.2, 0.25) is 0 Å². The van der Waals surface area contributed by atoms with E-state index in [-0.39, 0.29) is 29.5 Å². The molecule has 10 aromatic carbocycles. The Morgan fingerprint density at radius 1 is 0.252 bits per heavy atom. The molecule has 15 aromatic rings. The van der Waals surface area contributed by atoms with E-state index in [9.17, 15) is 24.0 Å². The average Bonchev–Trinajstić information content (AvgIpc) is 1.30. The van der Waals surface area contributed by atoms with E-state index in [2.05, 4.69) is 101 Å². The lowest BCUT2D eigenvalue weighted by atomic mass is 9.90. The number of benzene rings is 10. The highest BCUT2D eigenvalue weighted by molar-refractivity contribution is 6.30. The fourth-order valence-corrected chi connectivity index (χ4v) is 18.7. The Morgan fingerprint density at radius 3 is 0.789 bits per heavy atom. The Hall–Kier alpha value is -15.5. The first-order chi connectivity index (χ1) is 71.6. The lowest BCUT2D eigenvalue weighted by Gasteiger charge is -2.36. The van der Waals surface area contributed by atoms with Crippen LogP contribution in [0.2, 0.25) is 10.0 Å². The van der Waals surface area contributed by atoms with E-state index in [0.29, 0.717) is 97.6 Å². The molecule has 26 heteroatoms. The van der Waals surface area contributed by atoms with Crippen LogP contribution in [0.15, 0.2) is 322 Å². The van der Waals surface area contributed by atoms with Crippen LogP contribution in [-0.4, -0.2) is 173 Å². The number of piperidine rings is 4. The van der Waals surface area contributed by atoms with Gasteiger partial charge >= 0.3 is 0 Å². The van der Waals surface area contributed by atoms with Gasteiger partial charge in [0.05, 0.1) is 46.0 Å². The number of para-hydroxylation sites is 1. The smallest absolute Gasteiger partial charge is 0.253 e. The predicted octanol–water partition coefficient (Wildman–Crippen LogP) is 25.9. The number of pyridine rings is 2. The summed E-state index contributed by atoms with van der Waals surface area (Å²) in [7, 11) is 0. The van der Waals surface area contributed by atoms with Crippen molar-refractivity contribution in [1.82, 2.24) is 65.1 Å². The van der Waals surface area contributed by atoms with Crippen molar-refractivity contribution < 1.29 is 47.7 Å². The summed E-state index contributed by atoms with van der Waals surface area (Å²) in [5.41, 5.74) is 16.4. The van der Waals surface area contributed by atoms with Gasteiger partial charge in [-0.25, -0.2) is 0 Å². The second kappa shape index (κ2) is 50.3. The topological polar surface area (TPSA) is 254 Å². The summed E-state index contributed by atoms with van der Waals surface area (Å²) in [6.07, 6.45) is 14.9. The molecule has 0 radical (unpaired) electrons. The van der Waals surface area contributed by atoms with E-state index in [1.807, 2.05) is 308 Å². The molecule has 750 valence electrons. The van der Waals surface area contributed by atoms with Crippen molar-refractivity contribution in [2.45, 2.75) is 142 Å². The largest absolute Gasteiger partial charge is 0.457 e. The van der Waals surface area contributed by atoms with Gasteiger partial charge < -0.3 is 53.1 Å². The number of carbonyl (C=O) groups excluding carboxylic acids is 5. The molecule has 1 saturated carbocycles. The Balaban J connectivity index is 0.000000126. The van der Waals surface area contributed by atoms with Crippen LogP contribution in [-0.2, 0) is 6.42 Å². The van der Waals surface area contributed by atoms with E-state index in [1.54, 1.807) is 24.3 Å². The second-order valence-electron chi connectivity index (χ2n) is 37.9. The van der Waals surface area contributed by atoms with Crippen LogP contribution in [0.5, 0.6) is 57.5 Å². The summed E-state index contributed by atoms with van der Waals surface area (Å²) in [5.74, 6) is 10.0. The van der Waals surface area contributed by atoms with Crippen LogP contribution < -0.4 is 28.6 Å². The molecule has 24 nitrogen and oxygen atoms in total. The first kappa shape index (κ1) is 103. The van der Waals surface area contributed by atoms with Gasteiger partial charge in [0.25, 0.3) is 29.5 Å². The molecule has 1 aliphatic carbocycles. The third kappa shape index (κ3) is 29.2. The Kier molecular flexibility index (Phi) is 35.2. The molecular weight excluding hydrogens is 1880 g/mol. The molecule has 0 bridgehead atoms. The maximum absolute atomic E-state index is 12.9.